The van der Waals surface area contributed by atoms with Crippen molar-refractivity contribution in [3.05, 3.63) is 71.5 Å². The second-order valence-corrected chi connectivity index (χ2v) is 8.77. The average Bonchev–Trinajstić information content (AvgIpc) is 3.38. The lowest BCUT2D eigenvalue weighted by atomic mass is 10.1. The molecule has 29 heavy (non-hydrogen) atoms. The monoisotopic (exact) mass is 422 g/mol. The number of amides is 1. The minimum absolute atomic E-state index is 0.0433. The molecule has 0 N–H and O–H groups in total. The van der Waals surface area contributed by atoms with Crippen molar-refractivity contribution < 1.29 is 4.79 Å². The fourth-order valence-corrected chi connectivity index (χ4v) is 4.86. The first kappa shape index (κ1) is 19.7. The molecule has 0 saturated carbocycles. The van der Waals surface area contributed by atoms with E-state index in [0.29, 0.717) is 18.7 Å². The van der Waals surface area contributed by atoms with Gasteiger partial charge in [-0.3, -0.25) is 14.4 Å². The topological polar surface area (TPSA) is 51.0 Å². The van der Waals surface area contributed by atoms with Crippen molar-refractivity contribution in [3.8, 4) is 0 Å². The van der Waals surface area contributed by atoms with E-state index in [9.17, 15) is 4.79 Å². The molecule has 0 aliphatic heterocycles. The van der Waals surface area contributed by atoms with Crippen LogP contribution in [-0.2, 0) is 6.54 Å². The molecule has 0 spiro atoms. The first-order valence-corrected chi connectivity index (χ1v) is 11.4. The highest BCUT2D eigenvalue weighted by molar-refractivity contribution is 7.98. The number of nitrogens with zero attached hydrogens (tertiary/aromatic N) is 4. The summed E-state index contributed by atoms with van der Waals surface area (Å²) in [6, 6.07) is 13.9. The first-order chi connectivity index (χ1) is 14.0. The molecule has 0 unspecified atom stereocenters. The first-order valence-electron chi connectivity index (χ1n) is 9.36. The van der Waals surface area contributed by atoms with Gasteiger partial charge in [0.2, 0.25) is 0 Å². The molecule has 1 amide bonds. The van der Waals surface area contributed by atoms with Crippen LogP contribution >= 0.6 is 23.1 Å². The predicted octanol–water partition coefficient (Wildman–Crippen LogP) is 5.18. The maximum absolute atomic E-state index is 13.4. The van der Waals surface area contributed by atoms with Gasteiger partial charge in [-0.1, -0.05) is 17.4 Å². The summed E-state index contributed by atoms with van der Waals surface area (Å²) in [6.07, 6.45) is 5.68. The summed E-state index contributed by atoms with van der Waals surface area (Å²) in [5, 5.41) is 4.99. The van der Waals surface area contributed by atoms with Crippen molar-refractivity contribution >= 4 is 44.4 Å². The molecular formula is C22H22N4OS2. The Morgan fingerprint density at radius 3 is 2.69 bits per heavy atom. The fourth-order valence-electron chi connectivity index (χ4n) is 3.28. The number of aromatic nitrogens is 3. The molecular weight excluding hydrogens is 400 g/mol. The van der Waals surface area contributed by atoms with Crippen LogP contribution in [0.15, 0.2) is 59.8 Å². The number of rotatable bonds is 6. The van der Waals surface area contributed by atoms with Crippen LogP contribution in [0.25, 0.3) is 10.2 Å². The zero-order valence-electron chi connectivity index (χ0n) is 16.6. The smallest absolute Gasteiger partial charge is 0.260 e. The van der Waals surface area contributed by atoms with Gasteiger partial charge in [-0.15, -0.1) is 11.8 Å². The third-order valence-corrected chi connectivity index (χ3v) is 6.51. The third kappa shape index (κ3) is 4.21. The van der Waals surface area contributed by atoms with E-state index in [1.807, 2.05) is 47.5 Å². The number of thioether (sulfide) groups is 1. The minimum Gasteiger partial charge on any atom is -0.282 e. The van der Waals surface area contributed by atoms with E-state index in [2.05, 4.69) is 31.1 Å². The molecule has 5 nitrogen and oxygen atoms in total. The zero-order chi connectivity index (χ0) is 20.4. The standard InChI is InChI=1S/C22H22N4OS2/c1-15-13-16(2)20-19(14-15)29-22(24-20)26(12-11-25-10-4-9-23-25)21(27)17-5-7-18(28-3)8-6-17/h4-10,13-14H,11-12H2,1-3H3. The summed E-state index contributed by atoms with van der Waals surface area (Å²) in [6.45, 7) is 5.26. The van der Waals surface area contributed by atoms with Crippen LogP contribution in [0.1, 0.15) is 21.5 Å². The van der Waals surface area contributed by atoms with Gasteiger partial charge >= 0.3 is 0 Å². The Labute approximate surface area is 178 Å². The van der Waals surface area contributed by atoms with Crippen LogP contribution < -0.4 is 4.90 Å². The number of carbonyl (C=O) groups is 1. The summed E-state index contributed by atoms with van der Waals surface area (Å²) >= 11 is 3.22. The maximum atomic E-state index is 13.4. The molecule has 7 heteroatoms. The van der Waals surface area contributed by atoms with Crippen molar-refractivity contribution in [1.82, 2.24) is 14.8 Å². The lowest BCUT2D eigenvalue weighted by Gasteiger charge is -2.20. The van der Waals surface area contributed by atoms with Crippen LogP contribution in [0.3, 0.4) is 0 Å². The molecule has 2 aromatic carbocycles. The Morgan fingerprint density at radius 2 is 2.00 bits per heavy atom. The average molecular weight is 423 g/mol. The summed E-state index contributed by atoms with van der Waals surface area (Å²) in [5.41, 5.74) is 3.96. The van der Waals surface area contributed by atoms with E-state index in [-0.39, 0.29) is 5.91 Å². The molecule has 2 aromatic heterocycles. The van der Waals surface area contributed by atoms with Gasteiger partial charge in [0.05, 0.1) is 16.8 Å². The molecule has 0 radical (unpaired) electrons. The Balaban J connectivity index is 1.70. The van der Waals surface area contributed by atoms with Crippen molar-refractivity contribution in [2.45, 2.75) is 25.3 Å². The fraction of sp³-hybridized carbons (Fsp3) is 0.227. The van der Waals surface area contributed by atoms with Gasteiger partial charge < -0.3 is 0 Å². The van der Waals surface area contributed by atoms with Crippen LogP contribution in [0.5, 0.6) is 0 Å². The predicted molar refractivity (Wildman–Crippen MR) is 121 cm³/mol. The van der Waals surface area contributed by atoms with Gasteiger partial charge in [0.15, 0.2) is 5.13 Å². The summed E-state index contributed by atoms with van der Waals surface area (Å²) < 4.78 is 2.94. The normalized spacial score (nSPS) is 11.1. The third-order valence-electron chi connectivity index (χ3n) is 4.74. The van der Waals surface area contributed by atoms with Gasteiger partial charge in [-0.2, -0.15) is 5.10 Å². The van der Waals surface area contributed by atoms with Gasteiger partial charge in [-0.25, -0.2) is 4.98 Å². The molecule has 2 heterocycles. The van der Waals surface area contributed by atoms with Gasteiger partial charge in [0.25, 0.3) is 5.91 Å². The number of benzene rings is 2. The van der Waals surface area contributed by atoms with E-state index in [4.69, 9.17) is 4.98 Å². The highest BCUT2D eigenvalue weighted by Crippen LogP contribution is 2.32. The van der Waals surface area contributed by atoms with E-state index in [1.165, 1.54) is 5.56 Å². The summed E-state index contributed by atoms with van der Waals surface area (Å²) in [5.74, 6) is -0.0433. The van der Waals surface area contributed by atoms with Gasteiger partial charge in [-0.05, 0) is 67.6 Å². The summed E-state index contributed by atoms with van der Waals surface area (Å²) in [4.78, 5) is 21.1. The molecule has 0 bridgehead atoms. The highest BCUT2D eigenvalue weighted by atomic mass is 32.2. The molecule has 0 atom stereocenters. The van der Waals surface area contributed by atoms with Crippen molar-refractivity contribution in [2.75, 3.05) is 17.7 Å². The van der Waals surface area contributed by atoms with Gasteiger partial charge in [0.1, 0.15) is 0 Å². The molecule has 0 saturated heterocycles. The highest BCUT2D eigenvalue weighted by Gasteiger charge is 2.22. The number of anilines is 1. The Hall–Kier alpha value is -2.64. The number of hydrogen-bond donors (Lipinski definition) is 0. The minimum atomic E-state index is -0.0433. The Kier molecular flexibility index (Phi) is 5.69. The molecule has 0 aliphatic rings. The lowest BCUT2D eigenvalue weighted by molar-refractivity contribution is 0.0985. The molecule has 4 aromatic rings. The maximum Gasteiger partial charge on any atom is 0.260 e. The molecule has 0 aliphatic carbocycles. The second kappa shape index (κ2) is 8.39. The Bertz CT molecular complexity index is 1130. The molecule has 4 rings (SSSR count). The van der Waals surface area contributed by atoms with Crippen molar-refractivity contribution in [1.29, 1.82) is 0 Å². The molecule has 0 fully saturated rings. The Morgan fingerprint density at radius 1 is 1.21 bits per heavy atom. The van der Waals surface area contributed by atoms with Crippen LogP contribution in [0.4, 0.5) is 5.13 Å². The van der Waals surface area contributed by atoms with E-state index < -0.39 is 0 Å². The second-order valence-electron chi connectivity index (χ2n) is 6.88. The van der Waals surface area contributed by atoms with Crippen molar-refractivity contribution in [3.63, 3.8) is 0 Å². The van der Waals surface area contributed by atoms with Crippen LogP contribution in [-0.4, -0.2) is 33.5 Å². The largest absolute Gasteiger partial charge is 0.282 e. The summed E-state index contributed by atoms with van der Waals surface area (Å²) in [7, 11) is 0. The number of fused-ring (bicyclic) bond motifs is 1. The molecule has 148 valence electrons. The van der Waals surface area contributed by atoms with Gasteiger partial charge in [0, 0.05) is 29.4 Å². The van der Waals surface area contributed by atoms with E-state index in [0.717, 1.165) is 25.8 Å². The number of thiazole rings is 1. The SMILES string of the molecule is CSc1ccc(C(=O)N(CCn2cccn2)c2nc3c(C)cc(C)cc3s2)cc1. The number of hydrogen-bond acceptors (Lipinski definition) is 5. The lowest BCUT2D eigenvalue weighted by Crippen LogP contribution is -2.34. The van der Waals surface area contributed by atoms with E-state index in [1.54, 1.807) is 34.2 Å². The van der Waals surface area contributed by atoms with E-state index >= 15 is 0 Å². The van der Waals surface area contributed by atoms with Crippen LogP contribution in [0, 0.1) is 13.8 Å². The van der Waals surface area contributed by atoms with Crippen molar-refractivity contribution in [2.24, 2.45) is 0 Å². The number of carbonyl (C=O) groups excluding carboxylic acids is 1. The number of aryl methyl sites for hydroxylation is 2. The zero-order valence-corrected chi connectivity index (χ0v) is 18.3. The van der Waals surface area contributed by atoms with Crippen LogP contribution in [0.2, 0.25) is 0 Å². The quantitative estimate of drug-likeness (QED) is 0.402.